The highest BCUT2D eigenvalue weighted by molar-refractivity contribution is 5.87. The Kier molecular flexibility index (Phi) is 5.84. The smallest absolute Gasteiger partial charge is 0.231 e. The zero-order valence-corrected chi connectivity index (χ0v) is 18.6. The highest BCUT2D eigenvalue weighted by atomic mass is 16.5. The van der Waals surface area contributed by atoms with Crippen molar-refractivity contribution in [3.63, 3.8) is 0 Å². The molecule has 0 atom stereocenters. The lowest BCUT2D eigenvalue weighted by atomic mass is 10.2. The van der Waals surface area contributed by atoms with Gasteiger partial charge in [-0.1, -0.05) is 6.07 Å². The van der Waals surface area contributed by atoms with E-state index < -0.39 is 0 Å². The third kappa shape index (κ3) is 4.15. The summed E-state index contributed by atoms with van der Waals surface area (Å²) in [5, 5.41) is 6.56. The predicted octanol–water partition coefficient (Wildman–Crippen LogP) is 3.93. The van der Waals surface area contributed by atoms with Crippen LogP contribution < -0.4 is 29.7 Å². The summed E-state index contributed by atoms with van der Waals surface area (Å²) in [6, 6.07) is 11.6. The number of hydrogen-bond acceptors (Lipinski definition) is 9. The van der Waals surface area contributed by atoms with E-state index in [1.54, 1.807) is 39.8 Å². The molecule has 0 saturated heterocycles. The largest absolute Gasteiger partial charge is 0.493 e. The summed E-state index contributed by atoms with van der Waals surface area (Å²) in [6.07, 6.45) is 1.58. The van der Waals surface area contributed by atoms with Gasteiger partial charge in [0.05, 0.1) is 27.7 Å². The molecule has 166 valence electrons. The predicted molar refractivity (Wildman–Crippen MR) is 125 cm³/mol. The maximum Gasteiger partial charge on any atom is 0.231 e. The first kappa shape index (κ1) is 21.0. The van der Waals surface area contributed by atoms with E-state index in [0.29, 0.717) is 45.9 Å². The summed E-state index contributed by atoms with van der Waals surface area (Å²) in [5.41, 5.74) is 3.83. The minimum Gasteiger partial charge on any atom is -0.493 e. The highest BCUT2D eigenvalue weighted by Crippen LogP contribution is 2.41. The maximum absolute atomic E-state index is 5.45. The Balaban J connectivity index is 1.71. The van der Waals surface area contributed by atoms with E-state index >= 15 is 0 Å². The number of methoxy groups -OCH3 is 3. The van der Waals surface area contributed by atoms with Gasteiger partial charge in [0.2, 0.25) is 11.7 Å². The third-order valence-electron chi connectivity index (χ3n) is 4.83. The second-order valence-electron chi connectivity index (χ2n) is 7.11. The fraction of sp³-hybridized carbons (Fsp3) is 0.227. The lowest BCUT2D eigenvalue weighted by Gasteiger charge is -2.16. The maximum atomic E-state index is 5.45. The number of aromatic amines is 1. The van der Waals surface area contributed by atoms with Crippen LogP contribution in [0.25, 0.3) is 11.2 Å². The van der Waals surface area contributed by atoms with E-state index in [0.717, 1.165) is 11.4 Å². The highest BCUT2D eigenvalue weighted by Gasteiger charge is 2.16. The molecule has 4 rings (SSSR count). The first-order chi connectivity index (χ1) is 15.5. The second-order valence-corrected chi connectivity index (χ2v) is 7.11. The summed E-state index contributed by atoms with van der Waals surface area (Å²) < 4.78 is 16.3. The molecule has 0 aliphatic rings. The SMILES string of the molecule is COc1cc(Nc2nc(Nc3cccc(N(C)C)c3)nc3nc[nH]c23)cc(OC)c1OC. The molecule has 2 aromatic carbocycles. The van der Waals surface area contributed by atoms with E-state index in [-0.39, 0.29) is 0 Å². The van der Waals surface area contributed by atoms with Gasteiger partial charge in [0.1, 0.15) is 5.52 Å². The number of nitrogens with zero attached hydrogens (tertiary/aromatic N) is 4. The van der Waals surface area contributed by atoms with Crippen LogP contribution >= 0.6 is 0 Å². The molecule has 10 nitrogen and oxygen atoms in total. The van der Waals surface area contributed by atoms with E-state index in [2.05, 4.69) is 30.6 Å². The van der Waals surface area contributed by atoms with Crippen molar-refractivity contribution in [2.24, 2.45) is 0 Å². The van der Waals surface area contributed by atoms with Gasteiger partial charge in [-0.3, -0.25) is 0 Å². The molecule has 2 heterocycles. The van der Waals surface area contributed by atoms with Gasteiger partial charge in [-0.25, -0.2) is 4.98 Å². The van der Waals surface area contributed by atoms with Gasteiger partial charge in [0.15, 0.2) is 23.0 Å². The normalized spacial score (nSPS) is 10.7. The third-order valence-corrected chi connectivity index (χ3v) is 4.83. The van der Waals surface area contributed by atoms with Crippen molar-refractivity contribution in [3.05, 3.63) is 42.7 Å². The van der Waals surface area contributed by atoms with Crippen molar-refractivity contribution in [1.29, 1.82) is 0 Å². The van der Waals surface area contributed by atoms with Gasteiger partial charge in [-0.05, 0) is 18.2 Å². The quantitative estimate of drug-likeness (QED) is 0.379. The fourth-order valence-corrected chi connectivity index (χ4v) is 3.26. The van der Waals surface area contributed by atoms with Crippen LogP contribution in [0.4, 0.5) is 28.8 Å². The lowest BCUT2D eigenvalue weighted by molar-refractivity contribution is 0.324. The number of imidazole rings is 1. The van der Waals surface area contributed by atoms with Crippen LogP contribution in [-0.2, 0) is 0 Å². The molecule has 3 N–H and O–H groups in total. The number of fused-ring (bicyclic) bond motifs is 1. The number of benzene rings is 2. The van der Waals surface area contributed by atoms with Crippen molar-refractivity contribution >= 4 is 40.0 Å². The molecular formula is C22H25N7O3. The Hall–Kier alpha value is -4.21. The van der Waals surface area contributed by atoms with E-state index in [4.69, 9.17) is 14.2 Å². The number of ether oxygens (including phenoxy) is 3. The molecule has 4 aromatic rings. The Bertz CT molecular complexity index is 1210. The van der Waals surface area contributed by atoms with Crippen LogP contribution in [0.5, 0.6) is 17.2 Å². The van der Waals surface area contributed by atoms with Crippen LogP contribution in [0.15, 0.2) is 42.7 Å². The summed E-state index contributed by atoms with van der Waals surface area (Å²) in [5.74, 6) is 2.53. The standard InChI is InChI=1S/C22H25N7O3/c1-29(2)15-8-6-7-13(9-15)26-22-27-20-18(23-12-24-20)21(28-22)25-14-10-16(30-3)19(32-5)17(11-14)31-4/h6-12H,1-5H3,(H3,23,24,25,26,27,28). The Labute approximate surface area is 185 Å². The number of rotatable bonds is 8. The zero-order valence-electron chi connectivity index (χ0n) is 18.6. The van der Waals surface area contributed by atoms with Gasteiger partial charge in [-0.2, -0.15) is 9.97 Å². The molecule has 0 unspecified atom stereocenters. The van der Waals surface area contributed by atoms with Gasteiger partial charge < -0.3 is 34.7 Å². The number of nitrogens with one attached hydrogen (secondary N) is 3. The van der Waals surface area contributed by atoms with Gasteiger partial charge >= 0.3 is 0 Å². The van der Waals surface area contributed by atoms with Crippen molar-refractivity contribution in [2.75, 3.05) is 51.0 Å². The molecule has 0 saturated carbocycles. The molecule has 0 aliphatic carbocycles. The zero-order chi connectivity index (χ0) is 22.7. The minimum atomic E-state index is 0.412. The number of hydrogen-bond donors (Lipinski definition) is 3. The molecule has 32 heavy (non-hydrogen) atoms. The molecule has 0 fully saturated rings. The first-order valence-corrected chi connectivity index (χ1v) is 9.85. The summed E-state index contributed by atoms with van der Waals surface area (Å²) >= 11 is 0. The Morgan fingerprint density at radius 2 is 1.62 bits per heavy atom. The molecule has 0 aliphatic heterocycles. The summed E-state index contributed by atoms with van der Waals surface area (Å²) in [6.45, 7) is 0. The average Bonchev–Trinajstić information content (AvgIpc) is 3.27. The van der Waals surface area contributed by atoms with Crippen molar-refractivity contribution in [2.45, 2.75) is 0 Å². The van der Waals surface area contributed by atoms with Crippen molar-refractivity contribution < 1.29 is 14.2 Å². The number of aromatic nitrogens is 4. The fourth-order valence-electron chi connectivity index (χ4n) is 3.26. The van der Waals surface area contributed by atoms with Gasteiger partial charge in [0.25, 0.3) is 0 Å². The Morgan fingerprint density at radius 3 is 2.28 bits per heavy atom. The van der Waals surface area contributed by atoms with Gasteiger partial charge in [-0.15, -0.1) is 0 Å². The van der Waals surface area contributed by atoms with Crippen molar-refractivity contribution in [1.82, 2.24) is 19.9 Å². The second kappa shape index (κ2) is 8.88. The number of H-pyrrole nitrogens is 1. The summed E-state index contributed by atoms with van der Waals surface area (Å²) in [7, 11) is 8.69. The topological polar surface area (TPSA) is 109 Å². The lowest BCUT2D eigenvalue weighted by Crippen LogP contribution is -2.09. The molecule has 0 radical (unpaired) electrons. The molecule has 2 aromatic heterocycles. The monoisotopic (exact) mass is 435 g/mol. The van der Waals surface area contributed by atoms with Crippen LogP contribution in [0.2, 0.25) is 0 Å². The van der Waals surface area contributed by atoms with Crippen molar-refractivity contribution in [3.8, 4) is 17.2 Å². The Morgan fingerprint density at radius 1 is 0.875 bits per heavy atom. The van der Waals surface area contributed by atoms with Crippen LogP contribution in [0.1, 0.15) is 0 Å². The van der Waals surface area contributed by atoms with Gasteiger partial charge in [0, 0.05) is 43.3 Å². The van der Waals surface area contributed by atoms with E-state index in [1.807, 2.05) is 43.3 Å². The molecule has 0 amide bonds. The number of anilines is 5. The molecule has 0 spiro atoms. The molecule has 0 bridgehead atoms. The van der Waals surface area contributed by atoms with Crippen LogP contribution in [0, 0.1) is 0 Å². The van der Waals surface area contributed by atoms with Crippen LogP contribution in [-0.4, -0.2) is 55.4 Å². The first-order valence-electron chi connectivity index (χ1n) is 9.85. The molecular weight excluding hydrogens is 410 g/mol. The summed E-state index contributed by atoms with van der Waals surface area (Å²) in [4.78, 5) is 18.6. The van der Waals surface area contributed by atoms with Crippen LogP contribution in [0.3, 0.4) is 0 Å². The average molecular weight is 435 g/mol. The van der Waals surface area contributed by atoms with E-state index in [1.165, 1.54) is 0 Å². The molecule has 10 heteroatoms. The van der Waals surface area contributed by atoms with E-state index in [9.17, 15) is 0 Å². The minimum absolute atomic E-state index is 0.412.